The molecule has 1 fully saturated rings. The van der Waals surface area contributed by atoms with Crippen molar-refractivity contribution in [1.29, 1.82) is 0 Å². The Labute approximate surface area is 117 Å². The Kier molecular flexibility index (Phi) is 4.67. The van der Waals surface area contributed by atoms with Crippen LogP contribution >= 0.6 is 0 Å². The number of anilines is 2. The number of nitrogens with one attached hydrogen (secondary N) is 1. The van der Waals surface area contributed by atoms with Crippen molar-refractivity contribution in [2.75, 3.05) is 37.0 Å². The van der Waals surface area contributed by atoms with Crippen LogP contribution in [0.15, 0.2) is 6.33 Å². The van der Waals surface area contributed by atoms with E-state index in [0.29, 0.717) is 25.6 Å². The van der Waals surface area contributed by atoms with Crippen LogP contribution < -0.4 is 10.2 Å². The summed E-state index contributed by atoms with van der Waals surface area (Å²) in [6, 6.07) is 0.114. The van der Waals surface area contributed by atoms with Gasteiger partial charge < -0.3 is 15.0 Å². The van der Waals surface area contributed by atoms with Crippen molar-refractivity contribution in [3.8, 4) is 0 Å². The molecule has 0 spiro atoms. The Morgan fingerprint density at radius 2 is 2.40 bits per heavy atom. The van der Waals surface area contributed by atoms with E-state index in [1.165, 1.54) is 6.33 Å². The SMILES string of the molecule is CCCNc1ncnc(N(C)C2CCOC2)c1[N+](=O)[O-]. The molecule has 1 aromatic rings. The molecule has 8 heteroatoms. The molecule has 0 saturated carbocycles. The zero-order chi connectivity index (χ0) is 14.5. The Balaban J connectivity index is 2.33. The summed E-state index contributed by atoms with van der Waals surface area (Å²) >= 11 is 0. The summed E-state index contributed by atoms with van der Waals surface area (Å²) in [6.07, 6.45) is 3.06. The monoisotopic (exact) mass is 281 g/mol. The van der Waals surface area contributed by atoms with Gasteiger partial charge in [0, 0.05) is 20.2 Å². The molecule has 1 N–H and O–H groups in total. The standard InChI is InChI=1S/C12H19N5O3/c1-3-5-13-11-10(17(18)19)12(15-8-14-11)16(2)9-4-6-20-7-9/h8-9H,3-7H2,1-2H3,(H,13,14,15). The van der Waals surface area contributed by atoms with Gasteiger partial charge in [0.25, 0.3) is 0 Å². The second-order valence-electron chi connectivity index (χ2n) is 4.71. The lowest BCUT2D eigenvalue weighted by atomic mass is 10.2. The van der Waals surface area contributed by atoms with E-state index >= 15 is 0 Å². The normalized spacial score (nSPS) is 18.0. The topological polar surface area (TPSA) is 93.4 Å². The van der Waals surface area contributed by atoms with E-state index in [1.807, 2.05) is 11.8 Å². The van der Waals surface area contributed by atoms with E-state index in [4.69, 9.17) is 4.74 Å². The number of hydrogen-bond acceptors (Lipinski definition) is 7. The molecule has 1 saturated heterocycles. The highest BCUT2D eigenvalue weighted by Gasteiger charge is 2.30. The number of likely N-dealkylation sites (N-methyl/N-ethyl adjacent to an activating group) is 1. The van der Waals surface area contributed by atoms with E-state index < -0.39 is 4.92 Å². The van der Waals surface area contributed by atoms with E-state index in [0.717, 1.165) is 12.8 Å². The number of nitrogens with zero attached hydrogens (tertiary/aromatic N) is 4. The van der Waals surface area contributed by atoms with Crippen LogP contribution in [0.2, 0.25) is 0 Å². The maximum atomic E-state index is 11.4. The van der Waals surface area contributed by atoms with Gasteiger partial charge in [-0.15, -0.1) is 0 Å². The van der Waals surface area contributed by atoms with Gasteiger partial charge in [0.15, 0.2) is 0 Å². The molecule has 1 aliphatic heterocycles. The van der Waals surface area contributed by atoms with Crippen molar-refractivity contribution in [1.82, 2.24) is 9.97 Å². The molecule has 0 bridgehead atoms. The summed E-state index contributed by atoms with van der Waals surface area (Å²) < 4.78 is 5.32. The van der Waals surface area contributed by atoms with Gasteiger partial charge in [0.2, 0.25) is 11.6 Å². The first-order valence-electron chi connectivity index (χ1n) is 6.69. The van der Waals surface area contributed by atoms with Gasteiger partial charge in [-0.1, -0.05) is 6.92 Å². The molecule has 0 aliphatic carbocycles. The van der Waals surface area contributed by atoms with Gasteiger partial charge in [0.1, 0.15) is 6.33 Å². The van der Waals surface area contributed by atoms with Crippen LogP contribution in [0.4, 0.5) is 17.3 Å². The minimum absolute atomic E-state index is 0.0737. The van der Waals surface area contributed by atoms with E-state index in [9.17, 15) is 10.1 Å². The van der Waals surface area contributed by atoms with Gasteiger partial charge in [-0.3, -0.25) is 10.1 Å². The van der Waals surface area contributed by atoms with Crippen LogP contribution in [-0.2, 0) is 4.74 Å². The number of aromatic nitrogens is 2. The van der Waals surface area contributed by atoms with Gasteiger partial charge in [-0.05, 0) is 12.8 Å². The second-order valence-corrected chi connectivity index (χ2v) is 4.71. The fourth-order valence-corrected chi connectivity index (χ4v) is 2.17. The lowest BCUT2D eigenvalue weighted by Gasteiger charge is -2.24. The lowest BCUT2D eigenvalue weighted by Crippen LogP contribution is -2.33. The van der Waals surface area contributed by atoms with Gasteiger partial charge in [0.05, 0.1) is 17.6 Å². The van der Waals surface area contributed by atoms with Crippen molar-refractivity contribution < 1.29 is 9.66 Å². The molecular formula is C12H19N5O3. The van der Waals surface area contributed by atoms with Crippen LogP contribution in [0.5, 0.6) is 0 Å². The zero-order valence-electron chi connectivity index (χ0n) is 11.7. The van der Waals surface area contributed by atoms with Crippen molar-refractivity contribution in [3.63, 3.8) is 0 Å². The fourth-order valence-electron chi connectivity index (χ4n) is 2.17. The Morgan fingerprint density at radius 3 is 3.00 bits per heavy atom. The minimum Gasteiger partial charge on any atom is -0.379 e. The number of ether oxygens (including phenoxy) is 1. The molecule has 1 unspecified atom stereocenters. The van der Waals surface area contributed by atoms with Crippen LogP contribution in [-0.4, -0.2) is 47.7 Å². The zero-order valence-corrected chi connectivity index (χ0v) is 11.7. The van der Waals surface area contributed by atoms with Crippen molar-refractivity contribution >= 4 is 17.3 Å². The maximum absolute atomic E-state index is 11.4. The van der Waals surface area contributed by atoms with Crippen molar-refractivity contribution in [2.24, 2.45) is 0 Å². The molecule has 1 aliphatic rings. The molecule has 2 heterocycles. The number of nitro groups is 1. The van der Waals surface area contributed by atoms with Gasteiger partial charge in [-0.25, -0.2) is 9.97 Å². The first-order valence-corrected chi connectivity index (χ1v) is 6.69. The van der Waals surface area contributed by atoms with Gasteiger partial charge >= 0.3 is 5.69 Å². The predicted octanol–water partition coefficient (Wildman–Crippen LogP) is 1.43. The average molecular weight is 281 g/mol. The van der Waals surface area contributed by atoms with Crippen LogP contribution in [0.3, 0.4) is 0 Å². The summed E-state index contributed by atoms with van der Waals surface area (Å²) in [7, 11) is 1.80. The van der Waals surface area contributed by atoms with Gasteiger partial charge in [-0.2, -0.15) is 0 Å². The molecule has 20 heavy (non-hydrogen) atoms. The number of rotatable bonds is 6. The highest BCUT2D eigenvalue weighted by atomic mass is 16.6. The highest BCUT2D eigenvalue weighted by molar-refractivity contribution is 5.70. The maximum Gasteiger partial charge on any atom is 0.353 e. The van der Waals surface area contributed by atoms with Crippen molar-refractivity contribution in [3.05, 3.63) is 16.4 Å². The number of hydrogen-bond donors (Lipinski definition) is 1. The molecule has 8 nitrogen and oxygen atoms in total. The third-order valence-corrected chi connectivity index (χ3v) is 3.32. The molecule has 2 rings (SSSR count). The first kappa shape index (κ1) is 14.4. The molecule has 110 valence electrons. The van der Waals surface area contributed by atoms with Crippen molar-refractivity contribution in [2.45, 2.75) is 25.8 Å². The molecular weight excluding hydrogens is 262 g/mol. The predicted molar refractivity (Wildman–Crippen MR) is 75.1 cm³/mol. The highest BCUT2D eigenvalue weighted by Crippen LogP contribution is 2.33. The van der Waals surface area contributed by atoms with E-state index in [-0.39, 0.29) is 17.5 Å². The quantitative estimate of drug-likeness (QED) is 0.622. The third kappa shape index (κ3) is 2.96. The molecule has 1 aromatic heterocycles. The summed E-state index contributed by atoms with van der Waals surface area (Å²) in [5.74, 6) is 0.603. The molecule has 1 atom stereocenters. The van der Waals surface area contributed by atoms with Crippen LogP contribution in [0, 0.1) is 10.1 Å². The minimum atomic E-state index is -0.431. The molecule has 0 amide bonds. The average Bonchev–Trinajstić information content (AvgIpc) is 2.97. The lowest BCUT2D eigenvalue weighted by molar-refractivity contribution is -0.383. The second kappa shape index (κ2) is 6.47. The molecule has 0 aromatic carbocycles. The smallest absolute Gasteiger partial charge is 0.353 e. The summed E-state index contributed by atoms with van der Waals surface area (Å²) in [6.45, 7) is 3.86. The Morgan fingerprint density at radius 1 is 1.60 bits per heavy atom. The van der Waals surface area contributed by atoms with E-state index in [1.54, 1.807) is 7.05 Å². The molecule has 0 radical (unpaired) electrons. The van der Waals surface area contributed by atoms with Crippen LogP contribution in [0.25, 0.3) is 0 Å². The largest absolute Gasteiger partial charge is 0.379 e. The third-order valence-electron chi connectivity index (χ3n) is 3.32. The summed E-state index contributed by atoms with van der Waals surface area (Å²) in [5.41, 5.74) is -0.0737. The Hall–Kier alpha value is -1.96. The first-order chi connectivity index (χ1) is 9.65. The fraction of sp³-hybridized carbons (Fsp3) is 0.667. The Bertz CT molecular complexity index is 476. The summed E-state index contributed by atoms with van der Waals surface area (Å²) in [5, 5.41) is 14.3. The summed E-state index contributed by atoms with van der Waals surface area (Å²) in [4.78, 5) is 20.8. The van der Waals surface area contributed by atoms with E-state index in [2.05, 4.69) is 15.3 Å². The van der Waals surface area contributed by atoms with Crippen LogP contribution in [0.1, 0.15) is 19.8 Å².